The SMILES string of the molecule is CC(N)c1ccc(C(=O)Nc2ccnc3[nH]ccc23)cc1-c1ccco1. The predicted molar refractivity (Wildman–Crippen MR) is 101 cm³/mol. The van der Waals surface area contributed by atoms with Gasteiger partial charge in [0.25, 0.3) is 5.91 Å². The van der Waals surface area contributed by atoms with E-state index in [1.54, 1.807) is 30.8 Å². The number of carbonyl (C=O) groups excluding carboxylic acids is 1. The van der Waals surface area contributed by atoms with Crippen LogP contribution in [-0.4, -0.2) is 15.9 Å². The number of furan rings is 1. The number of hydrogen-bond donors (Lipinski definition) is 3. The zero-order valence-corrected chi connectivity index (χ0v) is 14.2. The number of anilines is 1. The summed E-state index contributed by atoms with van der Waals surface area (Å²) in [6.45, 7) is 1.90. The Balaban J connectivity index is 1.70. The van der Waals surface area contributed by atoms with Gasteiger partial charge in [-0.15, -0.1) is 0 Å². The third-order valence-electron chi connectivity index (χ3n) is 4.30. The molecule has 26 heavy (non-hydrogen) atoms. The molecule has 0 bridgehead atoms. The minimum absolute atomic E-state index is 0.174. The van der Waals surface area contributed by atoms with E-state index in [4.69, 9.17) is 10.2 Å². The Morgan fingerprint density at radius 2 is 2.15 bits per heavy atom. The van der Waals surface area contributed by atoms with E-state index in [1.165, 1.54) is 0 Å². The molecule has 130 valence electrons. The van der Waals surface area contributed by atoms with Gasteiger partial charge in [0.2, 0.25) is 0 Å². The minimum atomic E-state index is -0.206. The van der Waals surface area contributed by atoms with Crippen molar-refractivity contribution in [3.8, 4) is 11.3 Å². The summed E-state index contributed by atoms with van der Waals surface area (Å²) in [7, 11) is 0. The summed E-state index contributed by atoms with van der Waals surface area (Å²) in [5.41, 5.74) is 9.77. The number of nitrogens with one attached hydrogen (secondary N) is 2. The third-order valence-corrected chi connectivity index (χ3v) is 4.30. The highest BCUT2D eigenvalue weighted by atomic mass is 16.3. The van der Waals surface area contributed by atoms with Crippen LogP contribution in [-0.2, 0) is 0 Å². The Morgan fingerprint density at radius 3 is 2.92 bits per heavy atom. The van der Waals surface area contributed by atoms with Crippen molar-refractivity contribution < 1.29 is 9.21 Å². The summed E-state index contributed by atoms with van der Waals surface area (Å²) in [6, 6.07) is 12.6. The molecule has 0 radical (unpaired) electrons. The number of pyridine rings is 1. The lowest BCUT2D eigenvalue weighted by molar-refractivity contribution is 0.102. The van der Waals surface area contributed by atoms with E-state index in [2.05, 4.69) is 15.3 Å². The molecule has 1 unspecified atom stereocenters. The highest BCUT2D eigenvalue weighted by Gasteiger charge is 2.16. The van der Waals surface area contributed by atoms with Gasteiger partial charge in [0.15, 0.2) is 0 Å². The van der Waals surface area contributed by atoms with Crippen LogP contribution in [0.15, 0.2) is 65.5 Å². The number of carbonyl (C=O) groups is 1. The number of hydrogen-bond acceptors (Lipinski definition) is 4. The molecular formula is C20H18N4O2. The van der Waals surface area contributed by atoms with Gasteiger partial charge in [-0.3, -0.25) is 4.79 Å². The summed E-state index contributed by atoms with van der Waals surface area (Å²) in [6.07, 6.45) is 5.05. The fraction of sp³-hybridized carbons (Fsp3) is 0.100. The molecule has 0 saturated carbocycles. The van der Waals surface area contributed by atoms with Crippen LogP contribution < -0.4 is 11.1 Å². The first-order chi connectivity index (χ1) is 12.6. The molecule has 3 heterocycles. The molecule has 4 N–H and O–H groups in total. The van der Waals surface area contributed by atoms with Crippen LogP contribution in [0.2, 0.25) is 0 Å². The van der Waals surface area contributed by atoms with Gasteiger partial charge < -0.3 is 20.5 Å². The fourth-order valence-electron chi connectivity index (χ4n) is 3.00. The van der Waals surface area contributed by atoms with E-state index in [0.717, 1.165) is 22.2 Å². The number of H-pyrrole nitrogens is 1. The van der Waals surface area contributed by atoms with Crippen LogP contribution >= 0.6 is 0 Å². The summed E-state index contributed by atoms with van der Waals surface area (Å²) >= 11 is 0. The molecule has 6 heteroatoms. The number of aromatic amines is 1. The number of amides is 1. The second kappa shape index (κ2) is 6.50. The van der Waals surface area contributed by atoms with E-state index >= 15 is 0 Å². The summed E-state index contributed by atoms with van der Waals surface area (Å²) in [5.74, 6) is 0.478. The minimum Gasteiger partial charge on any atom is -0.464 e. The molecule has 0 saturated heterocycles. The van der Waals surface area contributed by atoms with Gasteiger partial charge in [0.1, 0.15) is 11.4 Å². The second-order valence-corrected chi connectivity index (χ2v) is 6.12. The van der Waals surface area contributed by atoms with Crippen molar-refractivity contribution in [2.45, 2.75) is 13.0 Å². The number of aromatic nitrogens is 2. The van der Waals surface area contributed by atoms with Crippen LogP contribution in [0.25, 0.3) is 22.4 Å². The fourth-order valence-corrected chi connectivity index (χ4v) is 3.00. The van der Waals surface area contributed by atoms with Gasteiger partial charge in [-0.25, -0.2) is 4.98 Å². The van der Waals surface area contributed by atoms with Crippen LogP contribution in [0.4, 0.5) is 5.69 Å². The smallest absolute Gasteiger partial charge is 0.255 e. The van der Waals surface area contributed by atoms with Crippen molar-refractivity contribution in [1.82, 2.24) is 9.97 Å². The lowest BCUT2D eigenvalue weighted by Crippen LogP contribution is -2.14. The molecule has 4 rings (SSSR count). The third kappa shape index (κ3) is 2.87. The van der Waals surface area contributed by atoms with E-state index in [0.29, 0.717) is 17.0 Å². The second-order valence-electron chi connectivity index (χ2n) is 6.12. The van der Waals surface area contributed by atoms with Gasteiger partial charge in [0.05, 0.1) is 12.0 Å². The van der Waals surface area contributed by atoms with Gasteiger partial charge >= 0.3 is 0 Å². The number of fused-ring (bicyclic) bond motifs is 1. The molecule has 0 fully saturated rings. The Labute approximate surface area is 150 Å². The Morgan fingerprint density at radius 1 is 1.27 bits per heavy atom. The van der Waals surface area contributed by atoms with E-state index in [1.807, 2.05) is 37.3 Å². The van der Waals surface area contributed by atoms with E-state index in [-0.39, 0.29) is 11.9 Å². The molecular weight excluding hydrogens is 328 g/mol. The normalized spacial score (nSPS) is 12.2. The van der Waals surface area contributed by atoms with Gasteiger partial charge in [0, 0.05) is 34.9 Å². The molecule has 0 aliphatic heterocycles. The van der Waals surface area contributed by atoms with Crippen LogP contribution in [0.5, 0.6) is 0 Å². The van der Waals surface area contributed by atoms with E-state index < -0.39 is 0 Å². The Kier molecular flexibility index (Phi) is 4.02. The van der Waals surface area contributed by atoms with Crippen molar-refractivity contribution in [2.24, 2.45) is 5.73 Å². The topological polar surface area (TPSA) is 96.9 Å². The molecule has 4 aromatic rings. The highest BCUT2D eigenvalue weighted by molar-refractivity contribution is 6.08. The molecule has 3 aromatic heterocycles. The Hall–Kier alpha value is -3.38. The summed E-state index contributed by atoms with van der Waals surface area (Å²) in [4.78, 5) is 20.0. The Bertz CT molecular complexity index is 1060. The maximum absolute atomic E-state index is 12.8. The first-order valence-electron chi connectivity index (χ1n) is 8.30. The van der Waals surface area contributed by atoms with Crippen molar-refractivity contribution in [1.29, 1.82) is 0 Å². The van der Waals surface area contributed by atoms with Crippen LogP contribution in [0.1, 0.15) is 28.9 Å². The monoisotopic (exact) mass is 346 g/mol. The quantitative estimate of drug-likeness (QED) is 0.518. The zero-order chi connectivity index (χ0) is 18.1. The average Bonchev–Trinajstić information content (AvgIpc) is 3.33. The zero-order valence-electron chi connectivity index (χ0n) is 14.2. The number of nitrogens with zero attached hydrogens (tertiary/aromatic N) is 1. The molecule has 6 nitrogen and oxygen atoms in total. The van der Waals surface area contributed by atoms with Crippen LogP contribution in [0.3, 0.4) is 0 Å². The molecule has 1 atom stereocenters. The number of nitrogens with two attached hydrogens (primary N) is 1. The highest BCUT2D eigenvalue weighted by Crippen LogP contribution is 2.29. The summed E-state index contributed by atoms with van der Waals surface area (Å²) in [5, 5.41) is 3.81. The molecule has 1 amide bonds. The van der Waals surface area contributed by atoms with E-state index in [9.17, 15) is 4.79 Å². The summed E-state index contributed by atoms with van der Waals surface area (Å²) < 4.78 is 5.51. The first-order valence-corrected chi connectivity index (χ1v) is 8.30. The lowest BCUT2D eigenvalue weighted by atomic mass is 9.97. The molecule has 0 aliphatic rings. The largest absolute Gasteiger partial charge is 0.464 e. The molecule has 1 aromatic carbocycles. The van der Waals surface area contributed by atoms with Crippen molar-refractivity contribution in [2.75, 3.05) is 5.32 Å². The lowest BCUT2D eigenvalue weighted by Gasteiger charge is -2.13. The van der Waals surface area contributed by atoms with Crippen molar-refractivity contribution >= 4 is 22.6 Å². The molecule has 0 spiro atoms. The predicted octanol–water partition coefficient (Wildman–Crippen LogP) is 4.09. The number of rotatable bonds is 4. The van der Waals surface area contributed by atoms with Gasteiger partial charge in [-0.05, 0) is 48.9 Å². The first kappa shape index (κ1) is 16.1. The number of benzene rings is 1. The molecule has 0 aliphatic carbocycles. The van der Waals surface area contributed by atoms with Gasteiger partial charge in [-0.2, -0.15) is 0 Å². The maximum atomic E-state index is 12.8. The maximum Gasteiger partial charge on any atom is 0.255 e. The van der Waals surface area contributed by atoms with Crippen molar-refractivity contribution in [3.63, 3.8) is 0 Å². The average molecular weight is 346 g/mol. The van der Waals surface area contributed by atoms with Gasteiger partial charge in [-0.1, -0.05) is 6.07 Å². The van der Waals surface area contributed by atoms with Crippen molar-refractivity contribution in [3.05, 3.63) is 72.2 Å². The standard InChI is InChI=1S/C20H18N4O2/c1-12(21)14-5-4-13(11-16(14)18-3-2-10-26-18)20(25)24-17-7-9-23-19-15(17)6-8-22-19/h2-12H,21H2,1H3,(H2,22,23,24,25). The van der Waals surface area contributed by atoms with Crippen LogP contribution in [0, 0.1) is 0 Å².